The molecular formula is C21H28N4O5. The lowest BCUT2D eigenvalue weighted by Gasteiger charge is -2.11. The number of hydrazone groups is 1. The van der Waals surface area contributed by atoms with Crippen LogP contribution in [0.1, 0.15) is 44.1 Å². The van der Waals surface area contributed by atoms with Crippen molar-refractivity contribution in [1.29, 1.82) is 0 Å². The molecule has 1 aliphatic carbocycles. The molecule has 2 aliphatic rings. The molecular weight excluding hydrogens is 388 g/mol. The molecule has 1 saturated carbocycles. The number of carbonyl (C=O) groups excluding carboxylic acids is 3. The van der Waals surface area contributed by atoms with Gasteiger partial charge in [-0.15, -0.1) is 0 Å². The summed E-state index contributed by atoms with van der Waals surface area (Å²) in [4.78, 5) is 35.4. The van der Waals surface area contributed by atoms with Crippen molar-refractivity contribution in [3.8, 4) is 5.75 Å². The summed E-state index contributed by atoms with van der Waals surface area (Å²) in [5.74, 6) is -1.11. The van der Waals surface area contributed by atoms with Crippen LogP contribution in [0.5, 0.6) is 5.75 Å². The first kappa shape index (κ1) is 21.8. The molecule has 3 N–H and O–H groups in total. The van der Waals surface area contributed by atoms with Gasteiger partial charge in [0.1, 0.15) is 5.75 Å². The Morgan fingerprint density at radius 1 is 1.07 bits per heavy atom. The van der Waals surface area contributed by atoms with Crippen LogP contribution in [0.15, 0.2) is 29.4 Å². The summed E-state index contributed by atoms with van der Waals surface area (Å²) in [5.41, 5.74) is 2.93. The number of ether oxygens (including phenoxy) is 2. The highest BCUT2D eigenvalue weighted by atomic mass is 16.5. The average molecular weight is 416 g/mol. The lowest BCUT2D eigenvalue weighted by atomic mass is 10.2. The number of hydrogen-bond acceptors (Lipinski definition) is 6. The van der Waals surface area contributed by atoms with Gasteiger partial charge in [0.05, 0.1) is 12.3 Å². The summed E-state index contributed by atoms with van der Waals surface area (Å²) in [5, 5.41) is 9.30. The molecule has 9 heteroatoms. The maximum Gasteiger partial charge on any atom is 0.329 e. The average Bonchev–Trinajstić information content (AvgIpc) is 3.45. The number of rotatable bonds is 8. The second-order valence-electron chi connectivity index (χ2n) is 7.45. The van der Waals surface area contributed by atoms with Gasteiger partial charge in [0.15, 0.2) is 6.61 Å². The molecule has 1 atom stereocenters. The molecule has 0 radical (unpaired) electrons. The van der Waals surface area contributed by atoms with Crippen LogP contribution in [0.3, 0.4) is 0 Å². The molecule has 9 nitrogen and oxygen atoms in total. The maximum atomic E-state index is 11.8. The number of carbonyl (C=O) groups is 3. The topological polar surface area (TPSA) is 118 Å². The van der Waals surface area contributed by atoms with Gasteiger partial charge in [-0.2, -0.15) is 5.10 Å². The maximum absolute atomic E-state index is 11.8. The predicted molar refractivity (Wildman–Crippen MR) is 110 cm³/mol. The Morgan fingerprint density at radius 2 is 1.83 bits per heavy atom. The van der Waals surface area contributed by atoms with Gasteiger partial charge in [0, 0.05) is 19.2 Å². The molecule has 30 heavy (non-hydrogen) atoms. The highest BCUT2D eigenvalue weighted by molar-refractivity contribution is 6.35. The van der Waals surface area contributed by atoms with E-state index in [1.807, 2.05) is 0 Å². The minimum Gasteiger partial charge on any atom is -0.484 e. The summed E-state index contributed by atoms with van der Waals surface area (Å²) in [7, 11) is 0. The van der Waals surface area contributed by atoms with E-state index in [0.29, 0.717) is 17.9 Å². The fraction of sp³-hybridized carbons (Fsp3) is 0.524. The SMILES string of the molecule is O=C(COc1ccc(/C=N\NC(=O)C(=O)NC2CCCC2)cc1)NC[C@@H]1CCCO1. The van der Waals surface area contributed by atoms with Gasteiger partial charge in [-0.1, -0.05) is 12.8 Å². The summed E-state index contributed by atoms with van der Waals surface area (Å²) < 4.78 is 10.9. The smallest absolute Gasteiger partial charge is 0.329 e. The quantitative estimate of drug-likeness (QED) is 0.330. The van der Waals surface area contributed by atoms with Gasteiger partial charge < -0.3 is 20.1 Å². The van der Waals surface area contributed by atoms with Gasteiger partial charge in [0.25, 0.3) is 5.91 Å². The van der Waals surface area contributed by atoms with Crippen LogP contribution >= 0.6 is 0 Å². The van der Waals surface area contributed by atoms with E-state index >= 15 is 0 Å². The Morgan fingerprint density at radius 3 is 2.53 bits per heavy atom. The second-order valence-corrected chi connectivity index (χ2v) is 7.45. The van der Waals surface area contributed by atoms with E-state index in [-0.39, 0.29) is 24.7 Å². The number of hydrogen-bond donors (Lipinski definition) is 3. The molecule has 0 unspecified atom stereocenters. The molecule has 1 heterocycles. The predicted octanol–water partition coefficient (Wildman–Crippen LogP) is 0.870. The molecule has 162 valence electrons. The molecule has 3 rings (SSSR count). The first-order valence-electron chi connectivity index (χ1n) is 10.4. The fourth-order valence-corrected chi connectivity index (χ4v) is 3.42. The lowest BCUT2D eigenvalue weighted by molar-refractivity contribution is -0.139. The lowest BCUT2D eigenvalue weighted by Crippen LogP contribution is -2.42. The van der Waals surface area contributed by atoms with Crippen LogP contribution in [-0.2, 0) is 19.1 Å². The third kappa shape index (κ3) is 7.14. The van der Waals surface area contributed by atoms with Gasteiger partial charge in [-0.25, -0.2) is 5.43 Å². The monoisotopic (exact) mass is 416 g/mol. The van der Waals surface area contributed by atoms with Crippen LogP contribution in [0.4, 0.5) is 0 Å². The minimum absolute atomic E-state index is 0.0771. The van der Waals surface area contributed by atoms with Crippen LogP contribution in [0.2, 0.25) is 0 Å². The zero-order valence-corrected chi connectivity index (χ0v) is 16.9. The Bertz CT molecular complexity index is 753. The van der Waals surface area contributed by atoms with Crippen molar-refractivity contribution < 1.29 is 23.9 Å². The van der Waals surface area contributed by atoms with E-state index in [2.05, 4.69) is 21.2 Å². The molecule has 2 fully saturated rings. The van der Waals surface area contributed by atoms with Crippen molar-refractivity contribution >= 4 is 23.9 Å². The molecule has 1 aromatic rings. The number of benzene rings is 1. The second kappa shape index (κ2) is 11.3. The zero-order valence-electron chi connectivity index (χ0n) is 16.9. The van der Waals surface area contributed by atoms with Crippen molar-refractivity contribution in [1.82, 2.24) is 16.1 Å². The summed E-state index contributed by atoms with van der Waals surface area (Å²) in [6.07, 6.45) is 7.50. The number of amides is 3. The van der Waals surface area contributed by atoms with Crippen molar-refractivity contribution in [2.75, 3.05) is 19.8 Å². The van der Waals surface area contributed by atoms with Crippen molar-refractivity contribution in [3.05, 3.63) is 29.8 Å². The van der Waals surface area contributed by atoms with Crippen LogP contribution in [-0.4, -0.2) is 55.8 Å². The van der Waals surface area contributed by atoms with E-state index in [0.717, 1.165) is 45.1 Å². The fourth-order valence-electron chi connectivity index (χ4n) is 3.42. The Balaban J connectivity index is 1.34. The van der Waals surface area contributed by atoms with Crippen LogP contribution in [0, 0.1) is 0 Å². The van der Waals surface area contributed by atoms with Gasteiger partial charge in [-0.3, -0.25) is 14.4 Å². The van der Waals surface area contributed by atoms with Crippen LogP contribution < -0.4 is 20.8 Å². The molecule has 1 saturated heterocycles. The highest BCUT2D eigenvalue weighted by Crippen LogP contribution is 2.17. The molecule has 0 bridgehead atoms. The molecule has 1 aromatic carbocycles. The normalized spacial score (nSPS) is 19.0. The summed E-state index contributed by atoms with van der Waals surface area (Å²) in [6.45, 7) is 1.18. The number of nitrogens with zero attached hydrogens (tertiary/aromatic N) is 1. The van der Waals surface area contributed by atoms with Crippen molar-refractivity contribution in [2.45, 2.75) is 50.7 Å². The van der Waals surface area contributed by atoms with Crippen molar-refractivity contribution in [3.63, 3.8) is 0 Å². The number of nitrogens with one attached hydrogen (secondary N) is 3. The summed E-state index contributed by atoms with van der Waals surface area (Å²) >= 11 is 0. The van der Waals surface area contributed by atoms with Crippen molar-refractivity contribution in [2.24, 2.45) is 5.10 Å². The van der Waals surface area contributed by atoms with Crippen LogP contribution in [0.25, 0.3) is 0 Å². The molecule has 0 aromatic heterocycles. The van der Waals surface area contributed by atoms with E-state index < -0.39 is 11.8 Å². The van der Waals surface area contributed by atoms with E-state index in [1.54, 1.807) is 24.3 Å². The standard InChI is InChI=1S/C21H28N4O5/c26-19(22-13-18-6-3-11-29-18)14-30-17-9-7-15(8-10-17)12-23-25-21(28)20(27)24-16-4-1-2-5-16/h7-10,12,16,18H,1-6,11,13-14H2,(H,22,26)(H,24,27)(H,25,28)/b23-12-/t18-/m0/s1. The summed E-state index contributed by atoms with van der Waals surface area (Å²) in [6, 6.07) is 6.94. The van der Waals surface area contributed by atoms with Gasteiger partial charge in [-0.05, 0) is 55.5 Å². The Hall–Kier alpha value is -2.94. The molecule has 3 amide bonds. The van der Waals surface area contributed by atoms with E-state index in [1.165, 1.54) is 6.21 Å². The first-order valence-corrected chi connectivity index (χ1v) is 10.4. The largest absolute Gasteiger partial charge is 0.484 e. The zero-order chi connectivity index (χ0) is 21.2. The van der Waals surface area contributed by atoms with Gasteiger partial charge >= 0.3 is 11.8 Å². The molecule has 1 aliphatic heterocycles. The van der Waals surface area contributed by atoms with E-state index in [9.17, 15) is 14.4 Å². The Kier molecular flexibility index (Phi) is 8.20. The van der Waals surface area contributed by atoms with E-state index in [4.69, 9.17) is 9.47 Å². The van der Waals surface area contributed by atoms with Gasteiger partial charge in [0.2, 0.25) is 0 Å². The third-order valence-corrected chi connectivity index (χ3v) is 5.08. The molecule has 0 spiro atoms. The third-order valence-electron chi connectivity index (χ3n) is 5.08. The Labute approximate surface area is 175 Å². The first-order chi connectivity index (χ1) is 14.6. The highest BCUT2D eigenvalue weighted by Gasteiger charge is 2.21. The minimum atomic E-state index is -0.785.